The van der Waals surface area contributed by atoms with E-state index in [1.54, 1.807) is 20.3 Å². The van der Waals surface area contributed by atoms with Crippen molar-refractivity contribution in [2.45, 2.75) is 6.61 Å². The van der Waals surface area contributed by atoms with E-state index in [1.165, 1.54) is 27.5 Å². The lowest BCUT2D eigenvalue weighted by Crippen LogP contribution is -2.14. The minimum atomic E-state index is -0.569. The summed E-state index contributed by atoms with van der Waals surface area (Å²) in [6.07, 6.45) is 2.82. The summed E-state index contributed by atoms with van der Waals surface area (Å²) in [7, 11) is 3.20. The Hall–Kier alpha value is -3.88. The Labute approximate surface area is 160 Å². The predicted octanol–water partition coefficient (Wildman–Crippen LogP) is 2.88. The number of carbonyl (C=O) groups excluding carboxylic acids is 2. The van der Waals surface area contributed by atoms with E-state index in [9.17, 15) is 19.7 Å². The summed E-state index contributed by atoms with van der Waals surface area (Å²) in [5.41, 5.74) is 1.46. The number of carbonyl (C=O) groups is 2. The number of amides is 1. The van der Waals surface area contributed by atoms with Crippen molar-refractivity contribution in [3.63, 3.8) is 0 Å². The fourth-order valence-corrected chi connectivity index (χ4v) is 2.70. The Morgan fingerprint density at radius 3 is 2.39 bits per heavy atom. The average molecular weight is 382 g/mol. The summed E-state index contributed by atoms with van der Waals surface area (Å²) in [5.74, 6) is -1.05. The maximum Gasteiger partial charge on any atom is 0.355 e. The first-order valence-electron chi connectivity index (χ1n) is 8.34. The highest BCUT2D eigenvalue weighted by atomic mass is 16.6. The molecule has 0 spiro atoms. The van der Waals surface area contributed by atoms with Crippen LogP contribution in [0, 0.1) is 10.1 Å². The van der Waals surface area contributed by atoms with Crippen LogP contribution in [-0.4, -0.2) is 25.9 Å². The molecule has 1 N–H and O–H groups in total. The lowest BCUT2D eigenvalue weighted by molar-refractivity contribution is -0.384. The van der Waals surface area contributed by atoms with Gasteiger partial charge in [-0.05, 0) is 11.6 Å². The zero-order valence-electron chi connectivity index (χ0n) is 15.3. The molecule has 0 aliphatic heterocycles. The van der Waals surface area contributed by atoms with Crippen molar-refractivity contribution >= 4 is 23.3 Å². The first kappa shape index (κ1) is 18.9. The van der Waals surface area contributed by atoms with Crippen LogP contribution in [0.15, 0.2) is 54.9 Å². The number of nitro groups is 1. The van der Waals surface area contributed by atoms with Crippen LogP contribution in [0.1, 0.15) is 26.5 Å². The summed E-state index contributed by atoms with van der Waals surface area (Å²) in [4.78, 5) is 35.0. The predicted molar refractivity (Wildman–Crippen MR) is 101 cm³/mol. The summed E-state index contributed by atoms with van der Waals surface area (Å²) >= 11 is 0. The van der Waals surface area contributed by atoms with Crippen LogP contribution in [0.25, 0.3) is 0 Å². The number of esters is 1. The third-order valence-electron chi connectivity index (χ3n) is 4.12. The zero-order valence-corrected chi connectivity index (χ0v) is 15.3. The molecular weight excluding hydrogens is 364 g/mol. The lowest BCUT2D eigenvalue weighted by atomic mass is 10.2. The largest absolute Gasteiger partial charge is 0.456 e. The first-order valence-corrected chi connectivity index (χ1v) is 8.34. The van der Waals surface area contributed by atoms with Gasteiger partial charge in [-0.2, -0.15) is 0 Å². The van der Waals surface area contributed by atoms with E-state index >= 15 is 0 Å². The molecule has 9 nitrogen and oxygen atoms in total. The van der Waals surface area contributed by atoms with Gasteiger partial charge in [-0.3, -0.25) is 14.9 Å². The Bertz CT molecular complexity index is 1040. The quantitative estimate of drug-likeness (QED) is 0.401. The second-order valence-electron chi connectivity index (χ2n) is 6.19. The summed E-state index contributed by atoms with van der Waals surface area (Å²) in [6.45, 7) is 0.138. The SMILES string of the molecule is Cn1cc([N+](=O)[O-])cc1C(=O)Nc1cc(C(=O)OCc2ccccc2)n(C)c1. The Balaban J connectivity index is 1.69. The minimum Gasteiger partial charge on any atom is -0.456 e. The van der Waals surface area contributed by atoms with Crippen LogP contribution < -0.4 is 5.32 Å². The van der Waals surface area contributed by atoms with Crippen LogP contribution >= 0.6 is 0 Å². The summed E-state index contributed by atoms with van der Waals surface area (Å²) in [6, 6.07) is 12.0. The van der Waals surface area contributed by atoms with Gasteiger partial charge in [-0.25, -0.2) is 4.79 Å². The van der Waals surface area contributed by atoms with E-state index in [1.807, 2.05) is 30.3 Å². The highest BCUT2D eigenvalue weighted by Crippen LogP contribution is 2.19. The number of hydrogen-bond donors (Lipinski definition) is 1. The Morgan fingerprint density at radius 2 is 1.75 bits per heavy atom. The molecule has 2 heterocycles. The maximum absolute atomic E-state index is 12.4. The average Bonchev–Trinajstić information content (AvgIpc) is 3.23. The topological polar surface area (TPSA) is 108 Å². The maximum atomic E-state index is 12.4. The van der Waals surface area contributed by atoms with Gasteiger partial charge in [0.05, 0.1) is 16.8 Å². The van der Waals surface area contributed by atoms with Crippen molar-refractivity contribution in [2.75, 3.05) is 5.32 Å². The van der Waals surface area contributed by atoms with Crippen molar-refractivity contribution in [3.8, 4) is 0 Å². The highest BCUT2D eigenvalue weighted by molar-refractivity contribution is 6.04. The smallest absolute Gasteiger partial charge is 0.355 e. The van der Waals surface area contributed by atoms with E-state index in [2.05, 4.69) is 5.32 Å². The number of benzene rings is 1. The number of aromatic nitrogens is 2. The normalized spacial score (nSPS) is 10.5. The molecule has 2 aromatic heterocycles. The van der Waals surface area contributed by atoms with Crippen LogP contribution in [0.4, 0.5) is 11.4 Å². The van der Waals surface area contributed by atoms with E-state index < -0.39 is 16.8 Å². The van der Waals surface area contributed by atoms with Crippen molar-refractivity contribution < 1.29 is 19.2 Å². The molecule has 0 fully saturated rings. The van der Waals surface area contributed by atoms with Gasteiger partial charge in [0.15, 0.2) is 0 Å². The van der Waals surface area contributed by atoms with Crippen LogP contribution in [0.5, 0.6) is 0 Å². The number of hydrogen-bond acceptors (Lipinski definition) is 5. The number of nitrogens with zero attached hydrogens (tertiary/aromatic N) is 3. The second kappa shape index (κ2) is 7.78. The van der Waals surface area contributed by atoms with Gasteiger partial charge >= 0.3 is 5.97 Å². The van der Waals surface area contributed by atoms with Crippen molar-refractivity contribution in [3.05, 3.63) is 81.9 Å². The van der Waals surface area contributed by atoms with Crippen molar-refractivity contribution in [1.29, 1.82) is 0 Å². The number of rotatable bonds is 6. The molecule has 0 atom stereocenters. The van der Waals surface area contributed by atoms with Gasteiger partial charge in [0, 0.05) is 26.4 Å². The zero-order chi connectivity index (χ0) is 20.3. The van der Waals surface area contributed by atoms with Crippen LogP contribution in [0.2, 0.25) is 0 Å². The van der Waals surface area contributed by atoms with E-state index in [0.29, 0.717) is 5.69 Å². The van der Waals surface area contributed by atoms with Crippen LogP contribution in [0.3, 0.4) is 0 Å². The van der Waals surface area contributed by atoms with E-state index in [-0.39, 0.29) is 23.7 Å². The molecule has 0 saturated carbocycles. The van der Waals surface area contributed by atoms with Gasteiger partial charge in [-0.1, -0.05) is 30.3 Å². The molecule has 0 bridgehead atoms. The molecule has 144 valence electrons. The van der Waals surface area contributed by atoms with Gasteiger partial charge in [0.25, 0.3) is 11.6 Å². The third kappa shape index (κ3) is 4.09. The molecule has 0 aliphatic carbocycles. The standard InChI is InChI=1S/C19H18N4O5/c1-21-10-14(20-18(24)16-9-15(23(26)27)11-22(16)2)8-17(21)19(25)28-12-13-6-4-3-5-7-13/h3-11H,12H2,1-2H3,(H,20,24). The summed E-state index contributed by atoms with van der Waals surface area (Å²) in [5, 5.41) is 13.5. The van der Waals surface area contributed by atoms with E-state index in [4.69, 9.17) is 4.74 Å². The molecule has 3 aromatic rings. The van der Waals surface area contributed by atoms with E-state index in [0.717, 1.165) is 5.56 Å². The molecule has 1 amide bonds. The third-order valence-corrected chi connectivity index (χ3v) is 4.12. The molecule has 1 aromatic carbocycles. The Morgan fingerprint density at radius 1 is 1.07 bits per heavy atom. The molecule has 9 heteroatoms. The number of ether oxygens (including phenoxy) is 1. The van der Waals surface area contributed by atoms with Crippen LogP contribution in [-0.2, 0) is 25.4 Å². The van der Waals surface area contributed by atoms with Gasteiger partial charge in [-0.15, -0.1) is 0 Å². The molecule has 0 radical (unpaired) electrons. The van der Waals surface area contributed by atoms with Gasteiger partial charge < -0.3 is 19.2 Å². The fourth-order valence-electron chi connectivity index (χ4n) is 2.70. The molecule has 0 unspecified atom stereocenters. The van der Waals surface area contributed by atoms with Crippen molar-refractivity contribution in [2.24, 2.45) is 14.1 Å². The van der Waals surface area contributed by atoms with Gasteiger partial charge in [0.2, 0.25) is 0 Å². The summed E-state index contributed by atoms with van der Waals surface area (Å²) < 4.78 is 8.20. The second-order valence-corrected chi connectivity index (χ2v) is 6.19. The van der Waals surface area contributed by atoms with Crippen molar-refractivity contribution in [1.82, 2.24) is 9.13 Å². The number of anilines is 1. The first-order chi connectivity index (χ1) is 13.3. The Kier molecular flexibility index (Phi) is 5.25. The molecule has 0 saturated heterocycles. The molecule has 3 rings (SSSR count). The molecule has 0 aliphatic rings. The highest BCUT2D eigenvalue weighted by Gasteiger charge is 2.19. The number of aryl methyl sites for hydroxylation is 2. The molecule has 28 heavy (non-hydrogen) atoms. The fraction of sp³-hybridized carbons (Fsp3) is 0.158. The van der Waals surface area contributed by atoms with Gasteiger partial charge in [0.1, 0.15) is 18.0 Å². The lowest BCUT2D eigenvalue weighted by Gasteiger charge is -2.05. The minimum absolute atomic E-state index is 0.128. The monoisotopic (exact) mass is 382 g/mol. The number of nitrogens with one attached hydrogen (secondary N) is 1. The molecular formula is C19H18N4O5.